The van der Waals surface area contributed by atoms with Crippen molar-refractivity contribution in [2.75, 3.05) is 31.6 Å². The Kier molecular flexibility index (Phi) is 3.47. The fourth-order valence-corrected chi connectivity index (χ4v) is 2.09. The largest absolute Gasteiger partial charge is 0.464 e. The van der Waals surface area contributed by atoms with Crippen molar-refractivity contribution in [3.63, 3.8) is 0 Å². The van der Waals surface area contributed by atoms with Crippen molar-refractivity contribution in [3.8, 4) is 0 Å². The molecule has 0 atom stereocenters. The number of nitrogens with one attached hydrogen (secondary N) is 1. The van der Waals surface area contributed by atoms with Crippen molar-refractivity contribution in [1.29, 1.82) is 0 Å². The average Bonchev–Trinajstić information content (AvgIpc) is 2.37. The fraction of sp³-hybridized carbons (Fsp3) is 0.583. The maximum Gasteiger partial charge on any atom is 0.358 e. The summed E-state index contributed by atoms with van der Waals surface area (Å²) >= 11 is 0. The van der Waals surface area contributed by atoms with Crippen LogP contribution in [0.15, 0.2) is 12.1 Å². The Balaban J connectivity index is 2.21. The molecule has 0 saturated carbocycles. The number of rotatable bonds is 2. The topological polar surface area (TPSA) is 67.3 Å². The van der Waals surface area contributed by atoms with Crippen LogP contribution in [0.3, 0.4) is 0 Å². The summed E-state index contributed by atoms with van der Waals surface area (Å²) in [5.41, 5.74) is 0.217. The highest BCUT2D eigenvalue weighted by Crippen LogP contribution is 2.22. The van der Waals surface area contributed by atoms with Gasteiger partial charge in [-0.3, -0.25) is 0 Å². The van der Waals surface area contributed by atoms with E-state index in [2.05, 4.69) is 39.0 Å². The number of hydrogen-bond acceptors (Lipinski definition) is 6. The first-order chi connectivity index (χ1) is 8.54. The van der Waals surface area contributed by atoms with Crippen molar-refractivity contribution < 1.29 is 9.53 Å². The van der Waals surface area contributed by atoms with Gasteiger partial charge in [0.05, 0.1) is 7.11 Å². The lowest BCUT2D eigenvalue weighted by molar-refractivity contribution is 0.0592. The number of aromatic nitrogens is 2. The number of nitrogens with zero attached hydrogens (tertiary/aromatic N) is 3. The van der Waals surface area contributed by atoms with Crippen LogP contribution < -0.4 is 10.2 Å². The van der Waals surface area contributed by atoms with Crippen LogP contribution >= 0.6 is 0 Å². The molecule has 1 aromatic heterocycles. The molecule has 0 spiro atoms. The number of carbonyl (C=O) groups excluding carboxylic acids is 1. The summed E-state index contributed by atoms with van der Waals surface area (Å²) in [6.07, 6.45) is 0. The third-order valence-electron chi connectivity index (χ3n) is 3.12. The van der Waals surface area contributed by atoms with Crippen LogP contribution in [0, 0.1) is 0 Å². The standard InChI is InChI=1S/C12H18N4O2/c1-12(2)8-13-6-7-16(12)10-5-4-9(14-15-10)11(17)18-3/h4-5,13H,6-8H2,1-3H3. The maximum atomic E-state index is 11.3. The highest BCUT2D eigenvalue weighted by Gasteiger charge is 2.30. The van der Waals surface area contributed by atoms with E-state index < -0.39 is 5.97 Å². The van der Waals surface area contributed by atoms with Gasteiger partial charge in [-0.05, 0) is 26.0 Å². The highest BCUT2D eigenvalue weighted by atomic mass is 16.5. The molecule has 6 nitrogen and oxygen atoms in total. The zero-order valence-corrected chi connectivity index (χ0v) is 10.9. The maximum absolute atomic E-state index is 11.3. The van der Waals surface area contributed by atoms with Crippen LogP contribution in [-0.4, -0.2) is 48.4 Å². The summed E-state index contributed by atoms with van der Waals surface area (Å²) in [5.74, 6) is 0.322. The molecule has 18 heavy (non-hydrogen) atoms. The van der Waals surface area contributed by atoms with Crippen molar-refractivity contribution in [2.24, 2.45) is 0 Å². The van der Waals surface area contributed by atoms with E-state index >= 15 is 0 Å². The summed E-state index contributed by atoms with van der Waals surface area (Å²) in [6.45, 7) is 6.99. The molecular formula is C12H18N4O2. The Labute approximate surface area is 106 Å². The molecule has 1 aliphatic heterocycles. The second kappa shape index (κ2) is 4.89. The fourth-order valence-electron chi connectivity index (χ4n) is 2.09. The molecule has 0 radical (unpaired) electrons. The van der Waals surface area contributed by atoms with Crippen LogP contribution in [0.1, 0.15) is 24.3 Å². The Morgan fingerprint density at radius 1 is 1.44 bits per heavy atom. The van der Waals surface area contributed by atoms with Gasteiger partial charge in [0.15, 0.2) is 11.5 Å². The van der Waals surface area contributed by atoms with E-state index in [0.29, 0.717) is 0 Å². The van der Waals surface area contributed by atoms with Gasteiger partial charge in [-0.15, -0.1) is 10.2 Å². The lowest BCUT2D eigenvalue weighted by atomic mass is 10.0. The number of esters is 1. The van der Waals surface area contributed by atoms with Crippen LogP contribution in [0.2, 0.25) is 0 Å². The van der Waals surface area contributed by atoms with E-state index in [-0.39, 0.29) is 11.2 Å². The second-order valence-electron chi connectivity index (χ2n) is 4.91. The van der Waals surface area contributed by atoms with E-state index in [4.69, 9.17) is 0 Å². The van der Waals surface area contributed by atoms with Crippen LogP contribution in [0.25, 0.3) is 0 Å². The Morgan fingerprint density at radius 3 is 2.78 bits per heavy atom. The lowest BCUT2D eigenvalue weighted by Gasteiger charge is -2.43. The Hall–Kier alpha value is -1.69. The smallest absolute Gasteiger partial charge is 0.358 e. The van der Waals surface area contributed by atoms with Crippen molar-refractivity contribution in [2.45, 2.75) is 19.4 Å². The van der Waals surface area contributed by atoms with Crippen molar-refractivity contribution in [1.82, 2.24) is 15.5 Å². The molecule has 1 aliphatic rings. The molecular weight excluding hydrogens is 232 g/mol. The van der Waals surface area contributed by atoms with Crippen LogP contribution in [-0.2, 0) is 4.74 Å². The van der Waals surface area contributed by atoms with E-state index in [0.717, 1.165) is 25.5 Å². The molecule has 1 N–H and O–H groups in total. The van der Waals surface area contributed by atoms with Gasteiger partial charge < -0.3 is 15.0 Å². The number of anilines is 1. The first kappa shape index (κ1) is 12.8. The van der Waals surface area contributed by atoms with Gasteiger partial charge in [0.1, 0.15) is 0 Å². The van der Waals surface area contributed by atoms with Gasteiger partial charge in [0, 0.05) is 25.2 Å². The molecule has 2 rings (SSSR count). The predicted octanol–water partition coefficient (Wildman–Crippen LogP) is 0.451. The van der Waals surface area contributed by atoms with E-state index in [1.807, 2.05) is 6.07 Å². The third kappa shape index (κ3) is 2.43. The number of ether oxygens (including phenoxy) is 1. The molecule has 0 aromatic carbocycles. The predicted molar refractivity (Wildman–Crippen MR) is 67.7 cm³/mol. The number of hydrogen-bond donors (Lipinski definition) is 1. The van der Waals surface area contributed by atoms with Gasteiger partial charge in [-0.25, -0.2) is 4.79 Å². The van der Waals surface area contributed by atoms with Crippen molar-refractivity contribution >= 4 is 11.8 Å². The molecule has 1 fully saturated rings. The van der Waals surface area contributed by atoms with Gasteiger partial charge in [-0.2, -0.15) is 0 Å². The average molecular weight is 250 g/mol. The lowest BCUT2D eigenvalue weighted by Crippen LogP contribution is -2.58. The van der Waals surface area contributed by atoms with Crippen molar-refractivity contribution in [3.05, 3.63) is 17.8 Å². The monoisotopic (exact) mass is 250 g/mol. The number of methoxy groups -OCH3 is 1. The first-order valence-corrected chi connectivity index (χ1v) is 5.95. The van der Waals surface area contributed by atoms with Crippen LogP contribution in [0.5, 0.6) is 0 Å². The minimum absolute atomic E-state index is 0.0142. The summed E-state index contributed by atoms with van der Waals surface area (Å²) in [7, 11) is 1.33. The summed E-state index contributed by atoms with van der Waals surface area (Å²) < 4.78 is 4.60. The summed E-state index contributed by atoms with van der Waals surface area (Å²) in [4.78, 5) is 13.5. The van der Waals surface area contributed by atoms with Crippen LogP contribution in [0.4, 0.5) is 5.82 Å². The molecule has 1 saturated heterocycles. The Morgan fingerprint density at radius 2 is 2.22 bits per heavy atom. The van der Waals surface area contributed by atoms with Gasteiger partial charge in [0.2, 0.25) is 0 Å². The van der Waals surface area contributed by atoms with Gasteiger partial charge in [0.25, 0.3) is 0 Å². The minimum atomic E-state index is -0.464. The van der Waals surface area contributed by atoms with E-state index in [1.165, 1.54) is 7.11 Å². The molecule has 1 aromatic rings. The first-order valence-electron chi connectivity index (χ1n) is 5.95. The number of piperazine rings is 1. The van der Waals surface area contributed by atoms with Gasteiger partial charge >= 0.3 is 5.97 Å². The minimum Gasteiger partial charge on any atom is -0.464 e. The summed E-state index contributed by atoms with van der Waals surface area (Å²) in [5, 5.41) is 11.4. The molecule has 6 heteroatoms. The molecule has 0 amide bonds. The van der Waals surface area contributed by atoms with E-state index in [1.54, 1.807) is 6.07 Å². The molecule has 98 valence electrons. The molecule has 0 unspecified atom stereocenters. The SMILES string of the molecule is COC(=O)c1ccc(N2CCNCC2(C)C)nn1. The van der Waals surface area contributed by atoms with Gasteiger partial charge in [-0.1, -0.05) is 0 Å². The molecule has 0 bridgehead atoms. The Bertz CT molecular complexity index is 430. The normalized spacial score (nSPS) is 18.5. The zero-order valence-electron chi connectivity index (χ0n) is 10.9. The zero-order chi connectivity index (χ0) is 13.2. The molecule has 0 aliphatic carbocycles. The molecule has 2 heterocycles. The van der Waals surface area contributed by atoms with E-state index in [9.17, 15) is 4.79 Å². The third-order valence-corrected chi connectivity index (χ3v) is 3.12. The number of carbonyl (C=O) groups is 1. The second-order valence-corrected chi connectivity index (χ2v) is 4.91. The quantitative estimate of drug-likeness (QED) is 0.769. The summed E-state index contributed by atoms with van der Waals surface area (Å²) in [6, 6.07) is 3.46. The highest BCUT2D eigenvalue weighted by molar-refractivity contribution is 5.87.